The maximum absolute atomic E-state index is 12.3. The van der Waals surface area contributed by atoms with E-state index in [2.05, 4.69) is 10.6 Å². The van der Waals surface area contributed by atoms with E-state index < -0.39 is 0 Å². The van der Waals surface area contributed by atoms with Gasteiger partial charge in [0.1, 0.15) is 5.75 Å². The molecular formula is C20H24ClN3O3. The number of hydrogen-bond donors (Lipinski definition) is 2. The molecular weight excluding hydrogens is 366 g/mol. The molecule has 2 N–H and O–H groups in total. The van der Waals surface area contributed by atoms with E-state index >= 15 is 0 Å². The molecule has 2 amide bonds. The Labute approximate surface area is 164 Å². The molecule has 0 aliphatic rings. The van der Waals surface area contributed by atoms with Gasteiger partial charge in [-0.1, -0.05) is 23.7 Å². The zero-order chi connectivity index (χ0) is 20.0. The number of hydrogen-bond acceptors (Lipinski definition) is 4. The van der Waals surface area contributed by atoms with Crippen LogP contribution in [-0.4, -0.2) is 44.0 Å². The van der Waals surface area contributed by atoms with Crippen molar-refractivity contribution < 1.29 is 14.3 Å². The second-order valence-electron chi connectivity index (χ2n) is 6.43. The van der Waals surface area contributed by atoms with Crippen molar-refractivity contribution in [2.24, 2.45) is 0 Å². The van der Waals surface area contributed by atoms with E-state index in [9.17, 15) is 9.59 Å². The van der Waals surface area contributed by atoms with Crippen LogP contribution < -0.4 is 15.4 Å². The van der Waals surface area contributed by atoms with Gasteiger partial charge in [0.25, 0.3) is 0 Å². The van der Waals surface area contributed by atoms with Crippen molar-refractivity contribution in [2.75, 3.05) is 37.9 Å². The van der Waals surface area contributed by atoms with Gasteiger partial charge in [-0.25, -0.2) is 0 Å². The maximum atomic E-state index is 12.3. The number of carbonyl (C=O) groups is 2. The molecule has 6 nitrogen and oxygen atoms in total. The number of methoxy groups -OCH3 is 1. The van der Waals surface area contributed by atoms with Crippen LogP contribution in [0.5, 0.6) is 5.75 Å². The van der Waals surface area contributed by atoms with Gasteiger partial charge in [0, 0.05) is 10.7 Å². The third-order valence-electron chi connectivity index (χ3n) is 3.93. The zero-order valence-corrected chi connectivity index (χ0v) is 16.7. The number of nitrogens with one attached hydrogen (secondary N) is 2. The minimum atomic E-state index is -0.266. The average Bonchev–Trinajstić information content (AvgIpc) is 2.58. The normalized spacial score (nSPS) is 10.6. The van der Waals surface area contributed by atoms with Gasteiger partial charge in [-0.3, -0.25) is 14.5 Å². The molecule has 0 radical (unpaired) electrons. The molecule has 144 valence electrons. The van der Waals surface area contributed by atoms with Crippen molar-refractivity contribution in [3.8, 4) is 5.75 Å². The van der Waals surface area contributed by atoms with Gasteiger partial charge in [-0.15, -0.1) is 0 Å². The second kappa shape index (κ2) is 9.39. The summed E-state index contributed by atoms with van der Waals surface area (Å²) in [4.78, 5) is 26.1. The quantitative estimate of drug-likeness (QED) is 0.760. The van der Waals surface area contributed by atoms with Crippen molar-refractivity contribution in [1.82, 2.24) is 4.90 Å². The number of amides is 2. The molecule has 2 rings (SSSR count). The lowest BCUT2D eigenvalue weighted by atomic mass is 10.1. The highest BCUT2D eigenvalue weighted by atomic mass is 35.5. The Morgan fingerprint density at radius 2 is 1.63 bits per heavy atom. The van der Waals surface area contributed by atoms with Gasteiger partial charge in [-0.2, -0.15) is 0 Å². The fourth-order valence-corrected chi connectivity index (χ4v) is 2.75. The van der Waals surface area contributed by atoms with Crippen molar-refractivity contribution in [3.63, 3.8) is 0 Å². The first-order chi connectivity index (χ1) is 12.8. The number of carbonyl (C=O) groups excluding carboxylic acids is 2. The number of nitrogens with zero attached hydrogens (tertiary/aromatic N) is 1. The molecule has 7 heteroatoms. The van der Waals surface area contributed by atoms with Crippen LogP contribution in [-0.2, 0) is 9.59 Å². The molecule has 0 fully saturated rings. The highest BCUT2D eigenvalue weighted by molar-refractivity contribution is 6.31. The van der Waals surface area contributed by atoms with E-state index in [0.29, 0.717) is 16.5 Å². The minimum Gasteiger partial charge on any atom is -0.495 e. The molecule has 0 heterocycles. The van der Waals surface area contributed by atoms with Crippen LogP contribution in [0.15, 0.2) is 36.4 Å². The number of benzene rings is 2. The Hall–Kier alpha value is -2.57. The summed E-state index contributed by atoms with van der Waals surface area (Å²) in [5.74, 6) is 0.0695. The highest BCUT2D eigenvalue weighted by Crippen LogP contribution is 2.27. The Bertz CT molecular complexity index is 839. The number of likely N-dealkylation sites (N-methyl/N-ethyl adjacent to an activating group) is 1. The van der Waals surface area contributed by atoms with E-state index in [4.69, 9.17) is 16.3 Å². The summed E-state index contributed by atoms with van der Waals surface area (Å²) in [7, 11) is 3.22. The summed E-state index contributed by atoms with van der Waals surface area (Å²) in [6.07, 6.45) is 0. The number of anilines is 2. The summed E-state index contributed by atoms with van der Waals surface area (Å²) in [6, 6.07) is 10.8. The van der Waals surface area contributed by atoms with Crippen molar-refractivity contribution in [2.45, 2.75) is 13.8 Å². The van der Waals surface area contributed by atoms with Gasteiger partial charge in [0.2, 0.25) is 11.8 Å². The Balaban J connectivity index is 1.90. The molecule has 0 spiro atoms. The SMILES string of the molecule is COc1ccc(Cl)cc1NC(=O)CN(C)CC(=O)Nc1cc(C)ccc1C. The summed E-state index contributed by atoms with van der Waals surface area (Å²) < 4.78 is 5.21. The fraction of sp³-hybridized carbons (Fsp3) is 0.300. The van der Waals surface area contributed by atoms with Crippen LogP contribution >= 0.6 is 11.6 Å². The highest BCUT2D eigenvalue weighted by Gasteiger charge is 2.14. The van der Waals surface area contributed by atoms with E-state index in [1.54, 1.807) is 30.1 Å². The molecule has 0 aromatic heterocycles. The standard InChI is InChI=1S/C20H24ClN3O3/c1-13-5-6-14(2)16(9-13)22-19(25)11-24(3)12-20(26)23-17-10-15(21)7-8-18(17)27-4/h5-10H,11-12H2,1-4H3,(H,22,25)(H,23,26). The van der Waals surface area contributed by atoms with Crippen LogP contribution in [0.25, 0.3) is 0 Å². The predicted molar refractivity (Wildman–Crippen MR) is 109 cm³/mol. The molecule has 0 aliphatic heterocycles. The molecule has 0 saturated heterocycles. The molecule has 0 atom stereocenters. The largest absolute Gasteiger partial charge is 0.495 e. The van der Waals surface area contributed by atoms with Crippen LogP contribution in [0.4, 0.5) is 11.4 Å². The average molecular weight is 390 g/mol. The number of rotatable bonds is 7. The van der Waals surface area contributed by atoms with E-state index in [0.717, 1.165) is 16.8 Å². The van der Waals surface area contributed by atoms with Crippen LogP contribution in [0, 0.1) is 13.8 Å². The van der Waals surface area contributed by atoms with E-state index in [1.165, 1.54) is 7.11 Å². The number of halogens is 1. The molecule has 0 unspecified atom stereocenters. The summed E-state index contributed by atoms with van der Waals surface area (Å²) in [6.45, 7) is 4.05. The molecule has 0 saturated carbocycles. The Morgan fingerprint density at radius 1 is 1.00 bits per heavy atom. The third kappa shape index (κ3) is 6.27. The lowest BCUT2D eigenvalue weighted by Gasteiger charge is -2.17. The summed E-state index contributed by atoms with van der Waals surface area (Å²) >= 11 is 5.96. The molecule has 2 aromatic rings. The second-order valence-corrected chi connectivity index (χ2v) is 6.87. The van der Waals surface area contributed by atoms with Crippen molar-refractivity contribution in [1.29, 1.82) is 0 Å². The molecule has 2 aromatic carbocycles. The minimum absolute atomic E-state index is 0.0515. The Morgan fingerprint density at radius 3 is 2.26 bits per heavy atom. The number of ether oxygens (including phenoxy) is 1. The maximum Gasteiger partial charge on any atom is 0.238 e. The van der Waals surface area contributed by atoms with Crippen LogP contribution in [0.3, 0.4) is 0 Å². The first kappa shape index (κ1) is 20.7. The molecule has 0 aliphatic carbocycles. The first-order valence-corrected chi connectivity index (χ1v) is 8.85. The lowest BCUT2D eigenvalue weighted by molar-refractivity contribution is -0.119. The third-order valence-corrected chi connectivity index (χ3v) is 4.16. The Kier molecular flexibility index (Phi) is 7.21. The monoisotopic (exact) mass is 389 g/mol. The lowest BCUT2D eigenvalue weighted by Crippen LogP contribution is -2.36. The van der Waals surface area contributed by atoms with Crippen molar-refractivity contribution in [3.05, 3.63) is 52.5 Å². The topological polar surface area (TPSA) is 70.7 Å². The van der Waals surface area contributed by atoms with Crippen molar-refractivity contribution >= 4 is 34.8 Å². The van der Waals surface area contributed by atoms with E-state index in [1.807, 2.05) is 32.0 Å². The fourth-order valence-electron chi connectivity index (χ4n) is 2.57. The van der Waals surface area contributed by atoms with Gasteiger partial charge in [0.15, 0.2) is 0 Å². The first-order valence-electron chi connectivity index (χ1n) is 8.47. The molecule has 0 bridgehead atoms. The zero-order valence-electron chi connectivity index (χ0n) is 15.9. The summed E-state index contributed by atoms with van der Waals surface area (Å²) in [5, 5.41) is 6.12. The van der Waals surface area contributed by atoms with Gasteiger partial charge in [0.05, 0.1) is 25.9 Å². The van der Waals surface area contributed by atoms with Gasteiger partial charge < -0.3 is 15.4 Å². The van der Waals surface area contributed by atoms with Crippen LogP contribution in [0.2, 0.25) is 5.02 Å². The summed E-state index contributed by atoms with van der Waals surface area (Å²) in [5.41, 5.74) is 3.33. The van der Waals surface area contributed by atoms with Gasteiger partial charge in [-0.05, 0) is 56.3 Å². The van der Waals surface area contributed by atoms with Crippen LogP contribution in [0.1, 0.15) is 11.1 Å². The molecule has 27 heavy (non-hydrogen) atoms. The predicted octanol–water partition coefficient (Wildman–Crippen LogP) is 3.47. The number of aryl methyl sites for hydroxylation is 2. The van der Waals surface area contributed by atoms with E-state index in [-0.39, 0.29) is 24.9 Å². The van der Waals surface area contributed by atoms with Gasteiger partial charge >= 0.3 is 0 Å². The smallest absolute Gasteiger partial charge is 0.238 e.